The molecular weight excluding hydrogens is 203 g/mol. The monoisotopic (exact) mass is 217 g/mol. The lowest BCUT2D eigenvalue weighted by molar-refractivity contribution is 0.448. The van der Waals surface area contributed by atoms with Crippen LogP contribution in [0.4, 0.5) is 18.9 Å². The Morgan fingerprint density at radius 3 is 1.87 bits per heavy atom. The van der Waals surface area contributed by atoms with Gasteiger partial charge in [0.25, 0.3) is 0 Å². The fourth-order valence-electron chi connectivity index (χ4n) is 0.874. The molecule has 15 heavy (non-hydrogen) atoms. The van der Waals surface area contributed by atoms with Gasteiger partial charge in [-0.2, -0.15) is 0 Å². The van der Waals surface area contributed by atoms with E-state index < -0.39 is 17.5 Å². The number of allylic oxidation sites excluding steroid dienone is 1. The number of rotatable bonds is 2. The van der Waals surface area contributed by atoms with Crippen LogP contribution in [0.1, 0.15) is 20.8 Å². The van der Waals surface area contributed by atoms with Gasteiger partial charge in [0.05, 0.1) is 0 Å². The Labute approximate surface area is 87.6 Å². The zero-order chi connectivity index (χ0) is 12.0. The molecule has 84 valence electrons. The molecule has 0 amide bonds. The molecule has 1 aromatic rings. The number of halogens is 3. The molecule has 1 rings (SSSR count). The Bertz CT molecular complexity index is 325. The van der Waals surface area contributed by atoms with Crippen LogP contribution >= 0.6 is 0 Å². The molecule has 0 aliphatic rings. The largest absolute Gasteiger partial charge is 0.360 e. The van der Waals surface area contributed by atoms with Crippen molar-refractivity contribution in [3.05, 3.63) is 41.9 Å². The van der Waals surface area contributed by atoms with Crippen LogP contribution in [0, 0.1) is 17.5 Å². The van der Waals surface area contributed by atoms with Gasteiger partial charge >= 0.3 is 0 Å². The molecule has 0 atom stereocenters. The molecule has 0 bridgehead atoms. The van der Waals surface area contributed by atoms with Crippen molar-refractivity contribution < 1.29 is 13.2 Å². The lowest BCUT2D eigenvalue weighted by Gasteiger charge is -2.05. The molecule has 0 unspecified atom stereocenters. The molecule has 0 fully saturated rings. The smallest absolute Gasteiger partial charge is 0.194 e. The first-order valence-electron chi connectivity index (χ1n) is 4.58. The highest BCUT2D eigenvalue weighted by Crippen LogP contribution is 2.18. The van der Waals surface area contributed by atoms with Gasteiger partial charge in [0.2, 0.25) is 0 Å². The minimum atomic E-state index is -1.47. The average molecular weight is 217 g/mol. The topological polar surface area (TPSA) is 12.0 Å². The van der Waals surface area contributed by atoms with Crippen LogP contribution in [0.15, 0.2) is 24.4 Å². The maximum absolute atomic E-state index is 12.6. The Balaban J connectivity index is 0.000000921. The summed E-state index contributed by atoms with van der Waals surface area (Å²) in [6, 6.07) is 1.74. The van der Waals surface area contributed by atoms with Gasteiger partial charge in [-0.05, 0) is 6.92 Å². The van der Waals surface area contributed by atoms with Crippen LogP contribution < -0.4 is 5.32 Å². The summed E-state index contributed by atoms with van der Waals surface area (Å²) in [5.74, 6) is -3.90. The highest BCUT2D eigenvalue weighted by Gasteiger charge is 2.09. The van der Waals surface area contributed by atoms with Crippen LogP contribution in [0.25, 0.3) is 0 Å². The SMILES string of the molecule is C=C(C)Nc1cc(F)c(F)c(F)c1.CC. The molecule has 0 heterocycles. The highest BCUT2D eigenvalue weighted by molar-refractivity contribution is 5.48. The van der Waals surface area contributed by atoms with Crippen LogP contribution in [0.5, 0.6) is 0 Å². The molecule has 0 saturated carbocycles. The van der Waals surface area contributed by atoms with Crippen molar-refractivity contribution in [1.82, 2.24) is 0 Å². The Morgan fingerprint density at radius 1 is 1.13 bits per heavy atom. The summed E-state index contributed by atoms with van der Waals surface area (Å²) in [4.78, 5) is 0. The molecule has 0 spiro atoms. The number of hydrogen-bond acceptors (Lipinski definition) is 1. The summed E-state index contributed by atoms with van der Waals surface area (Å²) < 4.78 is 37.7. The van der Waals surface area contributed by atoms with E-state index in [1.165, 1.54) is 0 Å². The number of benzene rings is 1. The minimum Gasteiger partial charge on any atom is -0.360 e. The Morgan fingerprint density at radius 2 is 1.53 bits per heavy atom. The quantitative estimate of drug-likeness (QED) is 0.736. The van der Waals surface area contributed by atoms with E-state index in [2.05, 4.69) is 11.9 Å². The Kier molecular flexibility index (Phi) is 5.52. The average Bonchev–Trinajstić information content (AvgIpc) is 2.16. The van der Waals surface area contributed by atoms with Crippen molar-refractivity contribution in [2.24, 2.45) is 0 Å². The molecule has 0 saturated heterocycles. The van der Waals surface area contributed by atoms with E-state index in [9.17, 15) is 13.2 Å². The molecule has 0 radical (unpaired) electrons. The van der Waals surface area contributed by atoms with E-state index in [1.54, 1.807) is 6.92 Å². The summed E-state index contributed by atoms with van der Waals surface area (Å²) >= 11 is 0. The van der Waals surface area contributed by atoms with Crippen LogP contribution in [-0.4, -0.2) is 0 Å². The van der Waals surface area contributed by atoms with E-state index >= 15 is 0 Å². The normalized spacial score (nSPS) is 8.93. The summed E-state index contributed by atoms with van der Waals surface area (Å²) in [6.45, 7) is 9.11. The van der Waals surface area contributed by atoms with Crippen molar-refractivity contribution in [3.63, 3.8) is 0 Å². The first-order valence-corrected chi connectivity index (χ1v) is 4.58. The zero-order valence-corrected chi connectivity index (χ0v) is 9.00. The number of anilines is 1. The molecule has 1 nitrogen and oxygen atoms in total. The minimum absolute atomic E-state index is 0.143. The second-order valence-corrected chi connectivity index (χ2v) is 2.66. The second kappa shape index (κ2) is 6.11. The van der Waals surface area contributed by atoms with Crippen LogP contribution in [0.3, 0.4) is 0 Å². The lowest BCUT2D eigenvalue weighted by Crippen LogP contribution is -1.98. The van der Waals surface area contributed by atoms with E-state index in [0.717, 1.165) is 12.1 Å². The first-order chi connectivity index (χ1) is 7.00. The van der Waals surface area contributed by atoms with Gasteiger partial charge in [-0.1, -0.05) is 20.4 Å². The van der Waals surface area contributed by atoms with Crippen LogP contribution in [0.2, 0.25) is 0 Å². The molecule has 0 aliphatic carbocycles. The second-order valence-electron chi connectivity index (χ2n) is 2.66. The highest BCUT2D eigenvalue weighted by atomic mass is 19.2. The lowest BCUT2D eigenvalue weighted by atomic mass is 10.3. The number of nitrogens with one attached hydrogen (secondary N) is 1. The maximum Gasteiger partial charge on any atom is 0.194 e. The Hall–Kier alpha value is -1.45. The fraction of sp³-hybridized carbons (Fsp3) is 0.273. The summed E-state index contributed by atoms with van der Waals surface area (Å²) in [5, 5.41) is 2.57. The van der Waals surface area contributed by atoms with Crippen molar-refractivity contribution in [1.29, 1.82) is 0 Å². The molecule has 1 N–H and O–H groups in total. The van der Waals surface area contributed by atoms with E-state index in [0.29, 0.717) is 5.70 Å². The summed E-state index contributed by atoms with van der Waals surface area (Å²) in [5.41, 5.74) is 0.661. The maximum atomic E-state index is 12.6. The zero-order valence-electron chi connectivity index (χ0n) is 9.00. The molecule has 0 aromatic heterocycles. The number of hydrogen-bond donors (Lipinski definition) is 1. The third-order valence-electron chi connectivity index (χ3n) is 1.34. The third-order valence-corrected chi connectivity index (χ3v) is 1.34. The third kappa shape index (κ3) is 4.06. The van der Waals surface area contributed by atoms with Crippen molar-refractivity contribution in [2.45, 2.75) is 20.8 Å². The van der Waals surface area contributed by atoms with Gasteiger partial charge in [0.1, 0.15) is 0 Å². The van der Waals surface area contributed by atoms with Crippen molar-refractivity contribution in [2.75, 3.05) is 5.32 Å². The van der Waals surface area contributed by atoms with E-state index in [4.69, 9.17) is 0 Å². The van der Waals surface area contributed by atoms with E-state index in [-0.39, 0.29) is 5.69 Å². The van der Waals surface area contributed by atoms with Gasteiger partial charge in [-0.25, -0.2) is 13.2 Å². The molecule has 1 aromatic carbocycles. The fourth-order valence-corrected chi connectivity index (χ4v) is 0.874. The molecule has 4 heteroatoms. The molecular formula is C11H14F3N. The molecule has 0 aliphatic heterocycles. The van der Waals surface area contributed by atoms with Gasteiger partial charge in [-0.3, -0.25) is 0 Å². The van der Waals surface area contributed by atoms with Gasteiger partial charge in [-0.15, -0.1) is 0 Å². The van der Waals surface area contributed by atoms with Crippen LogP contribution in [-0.2, 0) is 0 Å². The predicted molar refractivity (Wildman–Crippen MR) is 56.1 cm³/mol. The summed E-state index contributed by atoms with van der Waals surface area (Å²) in [7, 11) is 0. The standard InChI is InChI=1S/C9H8F3N.C2H6/c1-5(2)13-6-3-7(10)9(12)8(11)4-6;1-2/h3-4,13H,1H2,2H3;1-2H3. The van der Waals surface area contributed by atoms with Gasteiger partial charge in [0.15, 0.2) is 17.5 Å². The van der Waals surface area contributed by atoms with Crippen molar-refractivity contribution in [3.8, 4) is 0 Å². The van der Waals surface area contributed by atoms with Gasteiger partial charge < -0.3 is 5.32 Å². The van der Waals surface area contributed by atoms with E-state index in [1.807, 2.05) is 13.8 Å². The van der Waals surface area contributed by atoms with Gasteiger partial charge in [0, 0.05) is 23.5 Å². The summed E-state index contributed by atoms with van der Waals surface area (Å²) in [6.07, 6.45) is 0. The predicted octanol–water partition coefficient (Wildman–Crippen LogP) is 4.08. The first kappa shape index (κ1) is 13.6. The van der Waals surface area contributed by atoms with Crippen molar-refractivity contribution >= 4 is 5.69 Å².